The lowest BCUT2D eigenvalue weighted by Gasteiger charge is -2.38. The number of unbranched alkanes of at least 4 members (excludes halogenated alkanes) is 1. The summed E-state index contributed by atoms with van der Waals surface area (Å²) in [6.07, 6.45) is 4.15. The molecule has 5 heteroatoms. The molecule has 0 aromatic heterocycles. The van der Waals surface area contributed by atoms with Crippen LogP contribution in [0.25, 0.3) is 0 Å². The van der Waals surface area contributed by atoms with E-state index in [9.17, 15) is 0 Å². The lowest BCUT2D eigenvalue weighted by atomic mass is 10.2. The van der Waals surface area contributed by atoms with Crippen LogP contribution in [-0.2, 0) is 0 Å². The Labute approximate surface area is 137 Å². The summed E-state index contributed by atoms with van der Waals surface area (Å²) in [6, 6.07) is 0.539. The summed E-state index contributed by atoms with van der Waals surface area (Å²) in [7, 11) is 3.96. The van der Waals surface area contributed by atoms with Crippen molar-refractivity contribution in [2.45, 2.75) is 32.7 Å². The lowest BCUT2D eigenvalue weighted by molar-refractivity contribution is 0.107. The third-order valence-electron chi connectivity index (χ3n) is 4.51. The van der Waals surface area contributed by atoms with E-state index in [1.54, 1.807) is 0 Å². The van der Waals surface area contributed by atoms with Crippen molar-refractivity contribution in [3.63, 3.8) is 0 Å². The van der Waals surface area contributed by atoms with Crippen LogP contribution >= 0.6 is 0 Å². The van der Waals surface area contributed by atoms with Crippen LogP contribution in [0.4, 0.5) is 0 Å². The molecule has 1 rings (SSSR count). The van der Waals surface area contributed by atoms with Gasteiger partial charge < -0.3 is 15.1 Å². The lowest BCUT2D eigenvalue weighted by Crippen LogP contribution is -2.53. The fraction of sp³-hybridized carbons (Fsp3) is 0.824. The van der Waals surface area contributed by atoms with Crippen LogP contribution in [-0.4, -0.2) is 86.6 Å². The first-order valence-electron chi connectivity index (χ1n) is 8.61. The number of aliphatic imine (C=N–C) groups is 1. The van der Waals surface area contributed by atoms with Crippen LogP contribution < -0.4 is 5.32 Å². The summed E-state index contributed by atoms with van der Waals surface area (Å²) in [6.45, 7) is 16.2. The predicted molar refractivity (Wildman–Crippen MR) is 96.6 cm³/mol. The summed E-state index contributed by atoms with van der Waals surface area (Å²) in [5.41, 5.74) is 0. The third kappa shape index (κ3) is 6.36. The molecule has 0 aromatic carbocycles. The van der Waals surface area contributed by atoms with Crippen molar-refractivity contribution in [1.82, 2.24) is 20.0 Å². The first-order valence-corrected chi connectivity index (χ1v) is 8.61. The molecule has 0 radical (unpaired) electrons. The smallest absolute Gasteiger partial charge is 0.193 e. The molecule has 1 atom stereocenters. The highest BCUT2D eigenvalue weighted by Gasteiger charge is 2.20. The molecule has 1 N–H and O–H groups in total. The summed E-state index contributed by atoms with van der Waals surface area (Å²) in [4.78, 5) is 11.7. The molecule has 128 valence electrons. The average Bonchev–Trinajstić information content (AvgIpc) is 2.55. The molecule has 0 aliphatic carbocycles. The minimum absolute atomic E-state index is 0.539. The largest absolute Gasteiger partial charge is 0.355 e. The van der Waals surface area contributed by atoms with Gasteiger partial charge >= 0.3 is 0 Å². The second-order valence-electron chi connectivity index (χ2n) is 6.10. The molecule has 1 aliphatic rings. The van der Waals surface area contributed by atoms with Crippen LogP contribution in [0.2, 0.25) is 0 Å². The van der Waals surface area contributed by atoms with E-state index in [0.29, 0.717) is 6.04 Å². The van der Waals surface area contributed by atoms with Crippen molar-refractivity contribution in [1.29, 1.82) is 0 Å². The van der Waals surface area contributed by atoms with Crippen LogP contribution in [0.5, 0.6) is 0 Å². The van der Waals surface area contributed by atoms with Crippen molar-refractivity contribution in [3.05, 3.63) is 12.7 Å². The number of nitrogens with zero attached hydrogens (tertiary/aromatic N) is 4. The standard InChI is InChI=1S/C17H35N5/c1-6-8-9-10-20(5)17(18-4)19-15-16(3)22-13-11-21(7-2)12-14-22/h6,16H,1,7-15H2,2-5H3,(H,18,19). The fourth-order valence-corrected chi connectivity index (χ4v) is 2.85. The van der Waals surface area contributed by atoms with Gasteiger partial charge in [0.05, 0.1) is 0 Å². The normalized spacial score (nSPS) is 19.0. The fourth-order valence-electron chi connectivity index (χ4n) is 2.85. The molecule has 0 aromatic rings. The van der Waals surface area contributed by atoms with Crippen LogP contribution in [0, 0.1) is 0 Å². The van der Waals surface area contributed by atoms with E-state index >= 15 is 0 Å². The molecule has 1 saturated heterocycles. The number of piperazine rings is 1. The maximum atomic E-state index is 4.39. The van der Waals surface area contributed by atoms with Gasteiger partial charge in [-0.2, -0.15) is 0 Å². The molecule has 1 fully saturated rings. The van der Waals surface area contributed by atoms with Gasteiger partial charge in [0.1, 0.15) is 0 Å². The number of nitrogens with one attached hydrogen (secondary N) is 1. The molecular weight excluding hydrogens is 274 g/mol. The van der Waals surface area contributed by atoms with E-state index in [4.69, 9.17) is 0 Å². The average molecular weight is 310 g/mol. The first kappa shape index (κ1) is 19.0. The summed E-state index contributed by atoms with van der Waals surface area (Å²) >= 11 is 0. The van der Waals surface area contributed by atoms with Crippen molar-refractivity contribution in [2.75, 3.05) is 59.9 Å². The molecular formula is C17H35N5. The van der Waals surface area contributed by atoms with E-state index in [0.717, 1.165) is 31.9 Å². The summed E-state index contributed by atoms with van der Waals surface area (Å²) in [5, 5.41) is 3.51. The summed E-state index contributed by atoms with van der Waals surface area (Å²) in [5.74, 6) is 0.989. The van der Waals surface area contributed by atoms with Crippen molar-refractivity contribution in [3.8, 4) is 0 Å². The SMILES string of the molecule is C=CCCCN(C)C(=NC)NCC(C)N1CCN(CC)CC1. The Morgan fingerprint density at radius 2 is 2.05 bits per heavy atom. The minimum atomic E-state index is 0.539. The van der Waals surface area contributed by atoms with Gasteiger partial charge in [0.2, 0.25) is 0 Å². The predicted octanol–water partition coefficient (Wildman–Crippen LogP) is 1.49. The van der Waals surface area contributed by atoms with E-state index in [1.807, 2.05) is 13.1 Å². The number of hydrogen-bond acceptors (Lipinski definition) is 3. The molecule has 0 amide bonds. The van der Waals surface area contributed by atoms with Gasteiger partial charge in [0, 0.05) is 59.4 Å². The highest BCUT2D eigenvalue weighted by atomic mass is 15.3. The van der Waals surface area contributed by atoms with E-state index in [1.165, 1.54) is 32.7 Å². The number of guanidine groups is 1. The molecule has 22 heavy (non-hydrogen) atoms. The zero-order valence-corrected chi connectivity index (χ0v) is 15.0. The molecule has 1 unspecified atom stereocenters. The second kappa shape index (κ2) is 10.6. The molecule has 0 bridgehead atoms. The number of hydrogen-bond donors (Lipinski definition) is 1. The maximum Gasteiger partial charge on any atom is 0.193 e. The second-order valence-corrected chi connectivity index (χ2v) is 6.10. The molecule has 1 aliphatic heterocycles. The van der Waals surface area contributed by atoms with Gasteiger partial charge in [-0.15, -0.1) is 6.58 Å². The molecule has 0 spiro atoms. The van der Waals surface area contributed by atoms with Gasteiger partial charge in [-0.25, -0.2) is 0 Å². The Kier molecular flexibility index (Phi) is 9.16. The van der Waals surface area contributed by atoms with E-state index in [-0.39, 0.29) is 0 Å². The van der Waals surface area contributed by atoms with Gasteiger partial charge in [0.25, 0.3) is 0 Å². The van der Waals surface area contributed by atoms with Gasteiger partial charge in [-0.3, -0.25) is 9.89 Å². The quantitative estimate of drug-likeness (QED) is 0.319. The Morgan fingerprint density at radius 1 is 1.36 bits per heavy atom. The molecule has 5 nitrogen and oxygen atoms in total. The topological polar surface area (TPSA) is 34.1 Å². The molecule has 0 saturated carbocycles. The van der Waals surface area contributed by atoms with Crippen molar-refractivity contribution < 1.29 is 0 Å². The van der Waals surface area contributed by atoms with Crippen molar-refractivity contribution >= 4 is 5.96 Å². The Balaban J connectivity index is 2.31. The number of allylic oxidation sites excluding steroid dienone is 1. The van der Waals surface area contributed by atoms with Crippen LogP contribution in [0.1, 0.15) is 26.7 Å². The highest BCUT2D eigenvalue weighted by molar-refractivity contribution is 5.79. The Bertz CT molecular complexity index is 334. The Hall–Kier alpha value is -1.07. The zero-order valence-electron chi connectivity index (χ0n) is 15.0. The van der Waals surface area contributed by atoms with Crippen LogP contribution in [0.3, 0.4) is 0 Å². The Morgan fingerprint density at radius 3 is 2.59 bits per heavy atom. The van der Waals surface area contributed by atoms with Gasteiger partial charge in [0.15, 0.2) is 5.96 Å². The van der Waals surface area contributed by atoms with Gasteiger partial charge in [-0.1, -0.05) is 13.0 Å². The van der Waals surface area contributed by atoms with Crippen LogP contribution in [0.15, 0.2) is 17.6 Å². The van der Waals surface area contributed by atoms with Crippen molar-refractivity contribution in [2.24, 2.45) is 4.99 Å². The number of likely N-dealkylation sites (N-methyl/N-ethyl adjacent to an activating group) is 1. The molecule has 1 heterocycles. The van der Waals surface area contributed by atoms with E-state index in [2.05, 4.69) is 52.5 Å². The summed E-state index contributed by atoms with van der Waals surface area (Å²) < 4.78 is 0. The number of rotatable bonds is 8. The monoisotopic (exact) mass is 309 g/mol. The maximum absolute atomic E-state index is 4.39. The first-order chi connectivity index (χ1) is 10.6. The minimum Gasteiger partial charge on any atom is -0.355 e. The van der Waals surface area contributed by atoms with E-state index < -0.39 is 0 Å². The zero-order chi connectivity index (χ0) is 16.4. The highest BCUT2D eigenvalue weighted by Crippen LogP contribution is 2.05. The third-order valence-corrected chi connectivity index (χ3v) is 4.51. The van der Waals surface area contributed by atoms with Gasteiger partial charge in [-0.05, 0) is 26.3 Å².